The Morgan fingerprint density at radius 2 is 1.66 bits per heavy atom. The molecule has 0 saturated carbocycles. The molecule has 0 aliphatic heterocycles. The third-order valence-electron chi connectivity index (χ3n) is 4.32. The number of methoxy groups -OCH3 is 2. The molecule has 10 heteroatoms. The molecule has 3 rings (SSSR count). The molecule has 1 atom stereocenters. The lowest BCUT2D eigenvalue weighted by atomic mass is 10.2. The van der Waals surface area contributed by atoms with Crippen LogP contribution in [-0.2, 0) is 14.5 Å². The maximum Gasteiger partial charge on any atom is 0.412 e. The van der Waals surface area contributed by atoms with E-state index >= 15 is 0 Å². The van der Waals surface area contributed by atoms with Crippen molar-refractivity contribution in [3.8, 4) is 11.5 Å². The van der Waals surface area contributed by atoms with Crippen LogP contribution >= 0.6 is 0 Å². The van der Waals surface area contributed by atoms with E-state index in [1.807, 2.05) is 0 Å². The van der Waals surface area contributed by atoms with Crippen LogP contribution in [0.5, 0.6) is 11.5 Å². The van der Waals surface area contributed by atoms with Gasteiger partial charge in [-0.3, -0.25) is 5.32 Å². The summed E-state index contributed by atoms with van der Waals surface area (Å²) in [6, 6.07) is 9.99. The summed E-state index contributed by atoms with van der Waals surface area (Å²) in [5, 5.41) is 3.23. The average Bonchev–Trinajstić information content (AvgIpc) is 2.71. The van der Waals surface area contributed by atoms with Crippen molar-refractivity contribution >= 4 is 38.2 Å². The summed E-state index contributed by atoms with van der Waals surface area (Å²) in [5.74, 6) is 1.29. The van der Waals surface area contributed by atoms with Gasteiger partial charge in [-0.1, -0.05) is 0 Å². The fourth-order valence-corrected chi connectivity index (χ4v) is 4.09. The third kappa shape index (κ3) is 5.44. The van der Waals surface area contributed by atoms with Crippen LogP contribution in [0.25, 0.3) is 10.9 Å². The SMILES string of the molecule is COc1cc2ncnc(N=S(C)(=O)c3ccc(NC(=O)OC(C)(C)C)cc3)c2cc1OC. The number of hydrogen-bond donors (Lipinski definition) is 1. The standard InChI is InChI=1S/C22H26N4O5S/c1-22(2,3)31-21(27)25-14-7-9-15(10-8-14)32(6,28)26-20-16-11-18(29-4)19(30-5)12-17(16)23-13-24-20/h7-13H,1-6H3,(H,25,27). The number of carbonyl (C=O) groups excluding carboxylic acids is 1. The second-order valence-electron chi connectivity index (χ2n) is 7.97. The summed E-state index contributed by atoms with van der Waals surface area (Å²) >= 11 is 0. The molecule has 3 aromatic rings. The molecule has 32 heavy (non-hydrogen) atoms. The molecule has 9 nitrogen and oxygen atoms in total. The largest absolute Gasteiger partial charge is 0.493 e. The van der Waals surface area contributed by atoms with Crippen molar-refractivity contribution in [3.63, 3.8) is 0 Å². The average molecular weight is 459 g/mol. The Hall–Kier alpha value is -3.40. The van der Waals surface area contributed by atoms with Crippen molar-refractivity contribution in [2.75, 3.05) is 25.8 Å². The summed E-state index contributed by atoms with van der Waals surface area (Å²) in [6.07, 6.45) is 2.32. The quantitative estimate of drug-likeness (QED) is 0.585. The zero-order valence-corrected chi connectivity index (χ0v) is 19.6. The highest BCUT2D eigenvalue weighted by Gasteiger charge is 2.17. The van der Waals surface area contributed by atoms with Gasteiger partial charge in [0.2, 0.25) is 0 Å². The molecular weight excluding hydrogens is 432 g/mol. The van der Waals surface area contributed by atoms with E-state index in [1.54, 1.807) is 57.2 Å². The minimum absolute atomic E-state index is 0.277. The maximum absolute atomic E-state index is 13.4. The molecule has 0 fully saturated rings. The van der Waals surface area contributed by atoms with E-state index in [0.29, 0.717) is 33.0 Å². The Bertz CT molecular complexity index is 1260. The molecule has 0 aliphatic rings. The normalized spacial score (nSPS) is 13.2. The highest BCUT2D eigenvalue weighted by atomic mass is 32.2. The summed E-state index contributed by atoms with van der Waals surface area (Å²) < 4.78 is 33.7. The highest BCUT2D eigenvalue weighted by Crippen LogP contribution is 2.35. The molecule has 0 radical (unpaired) electrons. The zero-order chi connectivity index (χ0) is 23.5. The van der Waals surface area contributed by atoms with E-state index in [-0.39, 0.29) is 5.82 Å². The van der Waals surface area contributed by atoms with Crippen LogP contribution in [0.4, 0.5) is 16.3 Å². The van der Waals surface area contributed by atoms with Gasteiger partial charge in [-0.25, -0.2) is 19.0 Å². The van der Waals surface area contributed by atoms with Crippen LogP contribution in [0.3, 0.4) is 0 Å². The van der Waals surface area contributed by atoms with Crippen molar-refractivity contribution in [1.29, 1.82) is 0 Å². The first-order chi connectivity index (χ1) is 15.0. The van der Waals surface area contributed by atoms with Crippen molar-refractivity contribution in [2.24, 2.45) is 4.36 Å². The van der Waals surface area contributed by atoms with Crippen LogP contribution in [0.15, 0.2) is 52.0 Å². The maximum atomic E-state index is 13.4. The van der Waals surface area contributed by atoms with E-state index in [1.165, 1.54) is 26.8 Å². The van der Waals surface area contributed by atoms with Gasteiger partial charge < -0.3 is 14.2 Å². The van der Waals surface area contributed by atoms with Gasteiger partial charge in [-0.15, -0.1) is 0 Å². The lowest BCUT2D eigenvalue weighted by Crippen LogP contribution is -2.27. The topological polar surface area (TPSA) is 112 Å². The van der Waals surface area contributed by atoms with Crippen molar-refractivity contribution in [1.82, 2.24) is 9.97 Å². The first-order valence-corrected chi connectivity index (χ1v) is 11.6. The van der Waals surface area contributed by atoms with E-state index in [0.717, 1.165) is 0 Å². The molecule has 2 aromatic carbocycles. The van der Waals surface area contributed by atoms with Crippen LogP contribution in [0, 0.1) is 0 Å². The Kier molecular flexibility index (Phi) is 6.54. The number of carbonyl (C=O) groups is 1. The van der Waals surface area contributed by atoms with E-state index in [9.17, 15) is 9.00 Å². The van der Waals surface area contributed by atoms with Crippen LogP contribution in [0.2, 0.25) is 0 Å². The highest BCUT2D eigenvalue weighted by molar-refractivity contribution is 7.93. The number of aromatic nitrogens is 2. The van der Waals surface area contributed by atoms with Gasteiger partial charge >= 0.3 is 6.09 Å². The van der Waals surface area contributed by atoms with Gasteiger partial charge in [-0.05, 0) is 51.1 Å². The number of rotatable bonds is 5. The van der Waals surface area contributed by atoms with Crippen molar-refractivity contribution in [2.45, 2.75) is 31.3 Å². The van der Waals surface area contributed by atoms with Gasteiger partial charge in [0.25, 0.3) is 0 Å². The molecule has 1 heterocycles. The molecule has 0 bridgehead atoms. The molecular formula is C22H26N4O5S. The second kappa shape index (κ2) is 8.99. The molecule has 0 aliphatic carbocycles. The lowest BCUT2D eigenvalue weighted by Gasteiger charge is -2.19. The number of hydrogen-bond acceptors (Lipinski definition) is 8. The molecule has 170 valence electrons. The van der Waals surface area contributed by atoms with E-state index in [2.05, 4.69) is 19.6 Å². The number of nitrogens with one attached hydrogen (secondary N) is 1. The molecule has 1 N–H and O–H groups in total. The fraction of sp³-hybridized carbons (Fsp3) is 0.318. The molecule has 1 amide bonds. The molecule has 1 unspecified atom stereocenters. The summed E-state index contributed by atoms with van der Waals surface area (Å²) in [6.45, 7) is 5.35. The second-order valence-corrected chi connectivity index (χ2v) is 10.2. The summed E-state index contributed by atoms with van der Waals surface area (Å²) in [4.78, 5) is 20.9. The Balaban J connectivity index is 1.94. The van der Waals surface area contributed by atoms with E-state index in [4.69, 9.17) is 14.2 Å². The smallest absolute Gasteiger partial charge is 0.412 e. The summed E-state index contributed by atoms with van der Waals surface area (Å²) in [7, 11) is 0.221. The van der Waals surface area contributed by atoms with Gasteiger partial charge in [-0.2, -0.15) is 4.36 Å². The predicted octanol–water partition coefficient (Wildman–Crippen LogP) is 4.78. The fourth-order valence-electron chi connectivity index (χ4n) is 2.87. The van der Waals surface area contributed by atoms with Crippen LogP contribution in [-0.4, -0.2) is 46.3 Å². The minimum atomic E-state index is -2.85. The third-order valence-corrected chi connectivity index (χ3v) is 5.99. The Morgan fingerprint density at radius 1 is 1.03 bits per heavy atom. The summed E-state index contributed by atoms with van der Waals surface area (Å²) in [5.41, 5.74) is 0.499. The van der Waals surface area contributed by atoms with Gasteiger partial charge in [0.05, 0.1) is 29.5 Å². The monoisotopic (exact) mass is 458 g/mol. The molecule has 0 spiro atoms. The van der Waals surface area contributed by atoms with Gasteiger partial charge in [0, 0.05) is 28.3 Å². The number of benzene rings is 2. The Morgan fingerprint density at radius 3 is 2.25 bits per heavy atom. The predicted molar refractivity (Wildman–Crippen MR) is 123 cm³/mol. The van der Waals surface area contributed by atoms with Gasteiger partial charge in [0.1, 0.15) is 11.9 Å². The van der Waals surface area contributed by atoms with Crippen LogP contribution < -0.4 is 14.8 Å². The van der Waals surface area contributed by atoms with Crippen LogP contribution in [0.1, 0.15) is 20.8 Å². The first kappa shape index (κ1) is 23.3. The Labute approximate surface area is 187 Å². The van der Waals surface area contributed by atoms with Crippen molar-refractivity contribution in [3.05, 3.63) is 42.7 Å². The lowest BCUT2D eigenvalue weighted by molar-refractivity contribution is 0.0636. The number of nitrogens with zero attached hydrogens (tertiary/aromatic N) is 3. The first-order valence-electron chi connectivity index (χ1n) is 9.71. The minimum Gasteiger partial charge on any atom is -0.493 e. The van der Waals surface area contributed by atoms with Crippen molar-refractivity contribution < 1.29 is 23.2 Å². The van der Waals surface area contributed by atoms with Gasteiger partial charge in [0.15, 0.2) is 17.3 Å². The number of ether oxygens (including phenoxy) is 3. The number of anilines is 1. The number of fused-ring (bicyclic) bond motifs is 1. The molecule has 0 saturated heterocycles. The zero-order valence-electron chi connectivity index (χ0n) is 18.8. The molecule has 1 aromatic heterocycles. The van der Waals surface area contributed by atoms with E-state index < -0.39 is 21.4 Å². The number of amides is 1.